The van der Waals surface area contributed by atoms with Crippen LogP contribution in [-0.2, 0) is 0 Å². The zero-order valence-electron chi connectivity index (χ0n) is 16.7. The molecule has 2 saturated carbocycles. The van der Waals surface area contributed by atoms with Crippen molar-refractivity contribution in [3.8, 4) is 5.75 Å². The van der Waals surface area contributed by atoms with E-state index >= 15 is 0 Å². The van der Waals surface area contributed by atoms with E-state index in [9.17, 15) is 20.4 Å². The van der Waals surface area contributed by atoms with E-state index in [1.807, 2.05) is 24.3 Å². The molecule has 0 aromatic heterocycles. The third-order valence-corrected chi connectivity index (χ3v) is 6.48. The predicted molar refractivity (Wildman–Crippen MR) is 110 cm³/mol. The zero-order chi connectivity index (χ0) is 20.5. The van der Waals surface area contributed by atoms with Crippen LogP contribution < -0.4 is 4.74 Å². The van der Waals surface area contributed by atoms with Crippen molar-refractivity contribution in [2.75, 3.05) is 6.61 Å². The molecule has 2 aromatic rings. The van der Waals surface area contributed by atoms with Gasteiger partial charge in [0.25, 0.3) is 0 Å². The average molecular weight is 398 g/mol. The van der Waals surface area contributed by atoms with Crippen LogP contribution in [-0.4, -0.2) is 51.4 Å². The summed E-state index contributed by atoms with van der Waals surface area (Å²) in [6.45, 7) is 1.86. The van der Waals surface area contributed by atoms with Crippen LogP contribution >= 0.6 is 0 Å². The molecular formula is C24H30O5. The first-order chi connectivity index (χ1) is 14.0. The molecule has 0 radical (unpaired) electrons. The van der Waals surface area contributed by atoms with Crippen LogP contribution in [0.4, 0.5) is 0 Å². The Morgan fingerprint density at radius 2 is 1.62 bits per heavy atom. The summed E-state index contributed by atoms with van der Waals surface area (Å²) in [7, 11) is 0. The highest BCUT2D eigenvalue weighted by atomic mass is 16.5. The third kappa shape index (κ3) is 4.19. The first-order valence-corrected chi connectivity index (χ1v) is 10.5. The molecule has 5 nitrogen and oxygen atoms in total. The fourth-order valence-electron chi connectivity index (χ4n) is 4.34. The fourth-order valence-corrected chi connectivity index (χ4v) is 4.34. The van der Waals surface area contributed by atoms with Gasteiger partial charge in [0.05, 0.1) is 6.10 Å². The first kappa shape index (κ1) is 20.4. The molecular weight excluding hydrogens is 368 g/mol. The molecule has 6 atom stereocenters. The van der Waals surface area contributed by atoms with Gasteiger partial charge in [-0.05, 0) is 42.4 Å². The van der Waals surface area contributed by atoms with Crippen LogP contribution in [0.15, 0.2) is 48.5 Å². The van der Waals surface area contributed by atoms with E-state index in [1.165, 1.54) is 24.0 Å². The summed E-state index contributed by atoms with van der Waals surface area (Å²) in [5, 5.41) is 40.1. The number of ether oxygens (including phenoxy) is 1. The average Bonchev–Trinajstić information content (AvgIpc) is 3.59. The van der Waals surface area contributed by atoms with E-state index in [0.29, 0.717) is 5.75 Å². The number of hydrogen-bond donors (Lipinski definition) is 4. The largest absolute Gasteiger partial charge is 0.487 e. The van der Waals surface area contributed by atoms with Crippen molar-refractivity contribution in [3.05, 3.63) is 65.2 Å². The predicted octanol–water partition coefficient (Wildman–Crippen LogP) is 2.56. The molecule has 0 spiro atoms. The van der Waals surface area contributed by atoms with Gasteiger partial charge in [0, 0.05) is 24.0 Å². The molecule has 1 unspecified atom stereocenters. The van der Waals surface area contributed by atoms with Crippen molar-refractivity contribution in [2.45, 2.75) is 62.4 Å². The van der Waals surface area contributed by atoms with Crippen molar-refractivity contribution in [1.82, 2.24) is 0 Å². The zero-order valence-corrected chi connectivity index (χ0v) is 16.7. The van der Waals surface area contributed by atoms with Crippen LogP contribution in [0.5, 0.6) is 5.75 Å². The molecule has 0 amide bonds. The Labute approximate surface area is 171 Å². The van der Waals surface area contributed by atoms with Gasteiger partial charge in [-0.15, -0.1) is 0 Å². The highest BCUT2D eigenvalue weighted by Crippen LogP contribution is 2.41. The normalized spacial score (nSPS) is 30.7. The minimum atomic E-state index is -1.34. The van der Waals surface area contributed by atoms with E-state index in [1.54, 1.807) is 0 Å². The van der Waals surface area contributed by atoms with Crippen LogP contribution in [0, 0.1) is 5.92 Å². The quantitative estimate of drug-likeness (QED) is 0.601. The summed E-state index contributed by atoms with van der Waals surface area (Å²) in [5.74, 6) is 0.946. The Kier molecular flexibility index (Phi) is 5.93. The summed E-state index contributed by atoms with van der Waals surface area (Å²) in [6, 6.07) is 16.5. The topological polar surface area (TPSA) is 90.2 Å². The molecule has 0 bridgehead atoms. The van der Waals surface area contributed by atoms with Crippen molar-refractivity contribution in [2.24, 2.45) is 5.92 Å². The Bertz CT molecular complexity index is 814. The molecule has 4 N–H and O–H groups in total. The second kappa shape index (κ2) is 8.44. The third-order valence-electron chi connectivity index (χ3n) is 6.48. The number of aliphatic hydroxyl groups excluding tert-OH is 4. The monoisotopic (exact) mass is 398 g/mol. The lowest BCUT2D eigenvalue weighted by atomic mass is 9.81. The molecule has 0 heterocycles. The number of para-hydroxylation sites is 1. The van der Waals surface area contributed by atoms with Gasteiger partial charge >= 0.3 is 0 Å². The van der Waals surface area contributed by atoms with Gasteiger partial charge in [0.2, 0.25) is 0 Å². The minimum absolute atomic E-state index is 0.101. The summed E-state index contributed by atoms with van der Waals surface area (Å²) >= 11 is 0. The lowest BCUT2D eigenvalue weighted by molar-refractivity contribution is -0.157. The first-order valence-electron chi connectivity index (χ1n) is 10.5. The van der Waals surface area contributed by atoms with Crippen LogP contribution in [0.25, 0.3) is 0 Å². The molecule has 2 aliphatic rings. The van der Waals surface area contributed by atoms with Crippen molar-refractivity contribution in [1.29, 1.82) is 0 Å². The fraction of sp³-hybridized carbons (Fsp3) is 0.500. The number of rotatable bonds is 6. The van der Waals surface area contributed by atoms with Gasteiger partial charge in [-0.1, -0.05) is 49.4 Å². The summed E-state index contributed by atoms with van der Waals surface area (Å²) < 4.78 is 6.13. The second-order valence-electron chi connectivity index (χ2n) is 8.51. The lowest BCUT2D eigenvalue weighted by Gasteiger charge is -2.40. The maximum atomic E-state index is 10.4. The van der Waals surface area contributed by atoms with Gasteiger partial charge in [0.15, 0.2) is 0 Å². The molecule has 2 fully saturated rings. The standard InChI is InChI=1S/C24H30O5/c1-14(15-6-8-16(9-7-15)17-10-11-17)19-4-2-3-5-20(19)29-21-12-18(13-25)22(26)24(28)23(21)27/h2-9,14,17-18,21-28H,10-13H2,1H3/t14?,18-,21-,22-,23+,24+/m1/s1. The van der Waals surface area contributed by atoms with E-state index in [0.717, 1.165) is 11.5 Å². The van der Waals surface area contributed by atoms with Crippen LogP contribution in [0.2, 0.25) is 0 Å². The molecule has 0 saturated heterocycles. The van der Waals surface area contributed by atoms with Gasteiger partial charge < -0.3 is 25.2 Å². The van der Waals surface area contributed by atoms with Crippen molar-refractivity contribution >= 4 is 0 Å². The Morgan fingerprint density at radius 1 is 0.931 bits per heavy atom. The van der Waals surface area contributed by atoms with Crippen molar-refractivity contribution in [3.63, 3.8) is 0 Å². The Morgan fingerprint density at radius 3 is 2.28 bits per heavy atom. The molecule has 29 heavy (non-hydrogen) atoms. The molecule has 4 rings (SSSR count). The molecule has 5 heteroatoms. The minimum Gasteiger partial charge on any atom is -0.487 e. The SMILES string of the molecule is CC(c1ccc(C2CC2)cc1)c1ccccc1O[C@@H]1C[C@H](CO)[C@@H](O)[C@H](O)[C@H]1O. The number of hydrogen-bond acceptors (Lipinski definition) is 5. The smallest absolute Gasteiger partial charge is 0.128 e. The maximum absolute atomic E-state index is 10.4. The van der Waals surface area contributed by atoms with E-state index in [4.69, 9.17) is 4.74 Å². The molecule has 2 aliphatic carbocycles. The highest BCUT2D eigenvalue weighted by molar-refractivity contribution is 5.42. The van der Waals surface area contributed by atoms with Gasteiger partial charge in [0.1, 0.15) is 24.1 Å². The summed E-state index contributed by atoms with van der Waals surface area (Å²) in [5.41, 5.74) is 3.59. The molecule has 156 valence electrons. The second-order valence-corrected chi connectivity index (χ2v) is 8.51. The summed E-state index contributed by atoms with van der Waals surface area (Å²) in [6.07, 6.45) is -1.58. The van der Waals surface area contributed by atoms with Gasteiger partial charge in [-0.3, -0.25) is 0 Å². The van der Waals surface area contributed by atoms with Crippen LogP contribution in [0.1, 0.15) is 54.7 Å². The molecule has 0 aliphatic heterocycles. The Balaban J connectivity index is 1.54. The van der Waals surface area contributed by atoms with E-state index in [-0.39, 0.29) is 18.9 Å². The van der Waals surface area contributed by atoms with E-state index < -0.39 is 30.3 Å². The van der Waals surface area contributed by atoms with Crippen molar-refractivity contribution < 1.29 is 25.2 Å². The molecule has 2 aromatic carbocycles. The number of aliphatic hydroxyl groups is 4. The summed E-state index contributed by atoms with van der Waals surface area (Å²) in [4.78, 5) is 0. The van der Waals surface area contributed by atoms with E-state index in [2.05, 4.69) is 31.2 Å². The van der Waals surface area contributed by atoms with Gasteiger partial charge in [-0.25, -0.2) is 0 Å². The Hall–Kier alpha value is -1.92. The number of benzene rings is 2. The van der Waals surface area contributed by atoms with Gasteiger partial charge in [-0.2, -0.15) is 0 Å². The maximum Gasteiger partial charge on any atom is 0.128 e. The highest BCUT2D eigenvalue weighted by Gasteiger charge is 2.43. The van der Waals surface area contributed by atoms with Crippen LogP contribution in [0.3, 0.4) is 0 Å². The lowest BCUT2D eigenvalue weighted by Crippen LogP contribution is -2.56.